The predicted octanol–water partition coefficient (Wildman–Crippen LogP) is 2.88. The maximum absolute atomic E-state index is 13.3. The van der Waals surface area contributed by atoms with Crippen molar-refractivity contribution in [3.8, 4) is 0 Å². The van der Waals surface area contributed by atoms with Crippen LogP contribution >= 0.6 is 0 Å². The van der Waals surface area contributed by atoms with Crippen LogP contribution in [0, 0.1) is 11.6 Å². The van der Waals surface area contributed by atoms with Crippen molar-refractivity contribution in [2.75, 3.05) is 6.54 Å². The topological polar surface area (TPSA) is 68.9 Å². The molecule has 1 amide bonds. The molecule has 1 N–H and O–H groups in total. The molecule has 4 aromatic rings. The Hall–Kier alpha value is -3.81. The quantitative estimate of drug-likeness (QED) is 0.498. The van der Waals surface area contributed by atoms with E-state index in [0.717, 1.165) is 5.56 Å². The lowest BCUT2D eigenvalue weighted by Gasteiger charge is -2.06. The van der Waals surface area contributed by atoms with Crippen LogP contribution in [-0.2, 0) is 24.3 Å². The smallest absolute Gasteiger partial charge is 0.330 e. The third-order valence-electron chi connectivity index (χ3n) is 4.94. The first kappa shape index (κ1) is 20.5. The fraction of sp³-hybridized carbons (Fsp3) is 0.174. The van der Waals surface area contributed by atoms with Gasteiger partial charge in [-0.25, -0.2) is 18.6 Å². The third-order valence-corrected chi connectivity index (χ3v) is 4.94. The molecular formula is C23H20F2N4O2. The minimum Gasteiger partial charge on any atom is -0.354 e. The van der Waals surface area contributed by atoms with Gasteiger partial charge in [0.25, 0.3) is 0 Å². The Labute approximate surface area is 176 Å². The molecule has 0 aliphatic rings. The number of pyridine rings is 1. The SMILES string of the molecule is O=C(Cc1cccc(F)c1)NCCn1c(=O)n(Cc2ccc(F)cc2)c2cccnc21. The fourth-order valence-electron chi connectivity index (χ4n) is 3.48. The number of hydrogen-bond acceptors (Lipinski definition) is 3. The first-order valence-electron chi connectivity index (χ1n) is 9.81. The van der Waals surface area contributed by atoms with Gasteiger partial charge in [0.2, 0.25) is 5.91 Å². The molecule has 2 heterocycles. The number of nitrogens with zero attached hydrogens (tertiary/aromatic N) is 3. The molecule has 0 radical (unpaired) electrons. The Morgan fingerprint density at radius 2 is 1.74 bits per heavy atom. The van der Waals surface area contributed by atoms with Crippen molar-refractivity contribution in [2.24, 2.45) is 0 Å². The molecule has 0 fully saturated rings. The molecule has 0 aliphatic heterocycles. The number of carbonyl (C=O) groups is 1. The van der Waals surface area contributed by atoms with Gasteiger partial charge in [0.05, 0.1) is 18.5 Å². The van der Waals surface area contributed by atoms with Crippen LogP contribution in [0.3, 0.4) is 0 Å². The molecular weight excluding hydrogens is 402 g/mol. The van der Waals surface area contributed by atoms with Crippen molar-refractivity contribution in [2.45, 2.75) is 19.5 Å². The number of fused-ring (bicyclic) bond motifs is 1. The summed E-state index contributed by atoms with van der Waals surface area (Å²) in [7, 11) is 0. The standard InChI is InChI=1S/C23H20F2N4O2/c24-18-8-6-16(7-9-18)15-29-20-5-2-10-27-22(20)28(23(29)31)12-11-26-21(30)14-17-3-1-4-19(25)13-17/h1-10,13H,11-12,14-15H2,(H,26,30). The Morgan fingerprint density at radius 3 is 2.52 bits per heavy atom. The van der Waals surface area contributed by atoms with Crippen LogP contribution in [0.1, 0.15) is 11.1 Å². The summed E-state index contributed by atoms with van der Waals surface area (Å²) < 4.78 is 29.5. The summed E-state index contributed by atoms with van der Waals surface area (Å²) in [5.74, 6) is -0.993. The van der Waals surface area contributed by atoms with Gasteiger partial charge in [0.1, 0.15) is 11.6 Å². The second kappa shape index (κ2) is 8.91. The number of nitrogens with one attached hydrogen (secondary N) is 1. The summed E-state index contributed by atoms with van der Waals surface area (Å²) in [6, 6.07) is 15.4. The molecule has 0 bridgehead atoms. The average molecular weight is 422 g/mol. The summed E-state index contributed by atoms with van der Waals surface area (Å²) in [5, 5.41) is 2.76. The largest absolute Gasteiger partial charge is 0.354 e. The van der Waals surface area contributed by atoms with Gasteiger partial charge < -0.3 is 5.32 Å². The van der Waals surface area contributed by atoms with Gasteiger partial charge in [-0.2, -0.15) is 0 Å². The zero-order chi connectivity index (χ0) is 21.8. The van der Waals surface area contributed by atoms with Gasteiger partial charge in [-0.05, 0) is 47.5 Å². The molecule has 2 aromatic heterocycles. The van der Waals surface area contributed by atoms with Crippen molar-refractivity contribution in [3.05, 3.63) is 100 Å². The van der Waals surface area contributed by atoms with Crippen molar-refractivity contribution >= 4 is 17.1 Å². The average Bonchev–Trinajstić information content (AvgIpc) is 3.01. The van der Waals surface area contributed by atoms with Crippen molar-refractivity contribution in [1.82, 2.24) is 19.4 Å². The molecule has 158 valence electrons. The lowest BCUT2D eigenvalue weighted by molar-refractivity contribution is -0.120. The lowest BCUT2D eigenvalue weighted by atomic mass is 10.1. The summed E-state index contributed by atoms with van der Waals surface area (Å²) >= 11 is 0. The van der Waals surface area contributed by atoms with Crippen LogP contribution in [0.25, 0.3) is 11.2 Å². The second-order valence-corrected chi connectivity index (χ2v) is 7.15. The zero-order valence-electron chi connectivity index (χ0n) is 16.6. The minimum atomic E-state index is -0.392. The van der Waals surface area contributed by atoms with E-state index in [0.29, 0.717) is 16.7 Å². The molecule has 4 rings (SSSR count). The number of amides is 1. The maximum atomic E-state index is 13.3. The molecule has 6 nitrogen and oxygen atoms in total. The van der Waals surface area contributed by atoms with Crippen LogP contribution in [-0.4, -0.2) is 26.6 Å². The number of hydrogen-bond donors (Lipinski definition) is 1. The molecule has 0 saturated carbocycles. The number of aromatic nitrogens is 3. The molecule has 0 unspecified atom stereocenters. The molecule has 0 spiro atoms. The highest BCUT2D eigenvalue weighted by Crippen LogP contribution is 2.13. The summed E-state index contributed by atoms with van der Waals surface area (Å²) in [6.45, 7) is 0.734. The van der Waals surface area contributed by atoms with E-state index < -0.39 is 5.82 Å². The highest BCUT2D eigenvalue weighted by atomic mass is 19.1. The van der Waals surface area contributed by atoms with E-state index in [2.05, 4.69) is 10.3 Å². The van der Waals surface area contributed by atoms with Gasteiger partial charge in [-0.15, -0.1) is 0 Å². The first-order chi connectivity index (χ1) is 15.0. The molecule has 0 atom stereocenters. The Balaban J connectivity index is 1.49. The lowest BCUT2D eigenvalue weighted by Crippen LogP contribution is -2.32. The monoisotopic (exact) mass is 422 g/mol. The van der Waals surface area contributed by atoms with Gasteiger partial charge in [-0.1, -0.05) is 24.3 Å². The van der Waals surface area contributed by atoms with E-state index >= 15 is 0 Å². The van der Waals surface area contributed by atoms with Crippen LogP contribution in [0.2, 0.25) is 0 Å². The van der Waals surface area contributed by atoms with Crippen LogP contribution in [0.4, 0.5) is 8.78 Å². The molecule has 8 heteroatoms. The Bertz CT molecular complexity index is 1280. The van der Waals surface area contributed by atoms with Crippen molar-refractivity contribution < 1.29 is 13.6 Å². The zero-order valence-corrected chi connectivity index (χ0v) is 16.6. The Kier molecular flexibility index (Phi) is 5.88. The van der Waals surface area contributed by atoms with Crippen LogP contribution in [0.5, 0.6) is 0 Å². The van der Waals surface area contributed by atoms with Crippen molar-refractivity contribution in [3.63, 3.8) is 0 Å². The highest BCUT2D eigenvalue weighted by Gasteiger charge is 2.14. The minimum absolute atomic E-state index is 0.0528. The number of carbonyl (C=O) groups excluding carboxylic acids is 1. The summed E-state index contributed by atoms with van der Waals surface area (Å²) in [5.41, 5.74) is 2.26. The maximum Gasteiger partial charge on any atom is 0.330 e. The summed E-state index contributed by atoms with van der Waals surface area (Å²) in [6.07, 6.45) is 1.65. The summed E-state index contributed by atoms with van der Waals surface area (Å²) in [4.78, 5) is 29.5. The first-order valence-corrected chi connectivity index (χ1v) is 9.81. The fourth-order valence-corrected chi connectivity index (χ4v) is 3.48. The number of imidazole rings is 1. The highest BCUT2D eigenvalue weighted by molar-refractivity contribution is 5.78. The normalized spacial score (nSPS) is 11.0. The van der Waals surface area contributed by atoms with E-state index in [1.54, 1.807) is 47.2 Å². The molecule has 0 aliphatic carbocycles. The molecule has 31 heavy (non-hydrogen) atoms. The van der Waals surface area contributed by atoms with E-state index in [1.165, 1.54) is 28.8 Å². The van der Waals surface area contributed by atoms with Gasteiger partial charge >= 0.3 is 5.69 Å². The van der Waals surface area contributed by atoms with Gasteiger partial charge in [-0.3, -0.25) is 13.9 Å². The number of benzene rings is 2. The molecule has 0 saturated heterocycles. The molecule has 2 aromatic carbocycles. The second-order valence-electron chi connectivity index (χ2n) is 7.15. The number of halogens is 2. The Morgan fingerprint density at radius 1 is 0.935 bits per heavy atom. The number of rotatable bonds is 7. The van der Waals surface area contributed by atoms with Gasteiger partial charge in [0.15, 0.2) is 5.65 Å². The van der Waals surface area contributed by atoms with E-state index in [1.807, 2.05) is 0 Å². The third kappa shape index (κ3) is 4.69. The van der Waals surface area contributed by atoms with E-state index in [9.17, 15) is 18.4 Å². The van der Waals surface area contributed by atoms with Crippen LogP contribution < -0.4 is 11.0 Å². The van der Waals surface area contributed by atoms with E-state index in [4.69, 9.17) is 0 Å². The van der Waals surface area contributed by atoms with Gasteiger partial charge in [0, 0.05) is 19.3 Å². The van der Waals surface area contributed by atoms with E-state index in [-0.39, 0.29) is 43.5 Å². The van der Waals surface area contributed by atoms with Crippen molar-refractivity contribution in [1.29, 1.82) is 0 Å². The van der Waals surface area contributed by atoms with Crippen LogP contribution in [0.15, 0.2) is 71.7 Å². The predicted molar refractivity (Wildman–Crippen MR) is 113 cm³/mol.